The fourth-order valence-electron chi connectivity index (χ4n) is 1.49. The lowest BCUT2D eigenvalue weighted by Gasteiger charge is -2.30. The molecule has 0 aromatic carbocycles. The molecule has 0 atom stereocenters. The molecule has 0 aliphatic carbocycles. The van der Waals surface area contributed by atoms with E-state index in [1.54, 1.807) is 14.1 Å². The fraction of sp³-hybridized carbons (Fsp3) is 0.889. The Kier molecular flexibility index (Phi) is 4.87. The lowest BCUT2D eigenvalue weighted by Crippen LogP contribution is -2.52. The molecule has 0 spiro atoms. The zero-order chi connectivity index (χ0) is 13.1. The van der Waals surface area contributed by atoms with E-state index in [1.165, 1.54) is 16.3 Å². The van der Waals surface area contributed by atoms with Crippen molar-refractivity contribution < 1.29 is 13.2 Å². The van der Waals surface area contributed by atoms with E-state index >= 15 is 0 Å². The third-order valence-electron chi connectivity index (χ3n) is 2.65. The van der Waals surface area contributed by atoms with Crippen LogP contribution in [0.3, 0.4) is 0 Å². The highest BCUT2D eigenvalue weighted by atomic mass is 32.2. The van der Waals surface area contributed by atoms with Crippen molar-refractivity contribution in [3.05, 3.63) is 0 Å². The summed E-state index contributed by atoms with van der Waals surface area (Å²) in [6.07, 6.45) is 0. The topological polar surface area (TPSA) is 73.0 Å². The van der Waals surface area contributed by atoms with Gasteiger partial charge >= 0.3 is 0 Å². The average Bonchev–Trinajstić information content (AvgIpc) is 2.29. The van der Waals surface area contributed by atoms with E-state index in [0.717, 1.165) is 4.31 Å². The van der Waals surface area contributed by atoms with Crippen LogP contribution in [0.25, 0.3) is 0 Å². The maximum Gasteiger partial charge on any atom is 0.282 e. The van der Waals surface area contributed by atoms with Gasteiger partial charge in [-0.1, -0.05) is 0 Å². The first-order valence-electron chi connectivity index (χ1n) is 5.48. The number of likely N-dealkylation sites (N-methyl/N-ethyl adjacent to an activating group) is 2. The fourth-order valence-corrected chi connectivity index (χ4v) is 2.80. The highest BCUT2D eigenvalue weighted by Gasteiger charge is 2.29. The monoisotopic (exact) mass is 264 g/mol. The van der Waals surface area contributed by atoms with Crippen molar-refractivity contribution in [3.63, 3.8) is 0 Å². The van der Waals surface area contributed by atoms with Gasteiger partial charge in [0.05, 0.1) is 6.54 Å². The maximum absolute atomic E-state index is 12.1. The number of nitrogens with one attached hydrogen (secondary N) is 1. The molecule has 8 heteroatoms. The van der Waals surface area contributed by atoms with Crippen LogP contribution in [0.1, 0.15) is 0 Å². The van der Waals surface area contributed by atoms with Crippen molar-refractivity contribution in [2.45, 2.75) is 0 Å². The molecule has 0 radical (unpaired) electrons. The van der Waals surface area contributed by atoms with E-state index in [0.29, 0.717) is 26.2 Å². The zero-order valence-corrected chi connectivity index (χ0v) is 11.3. The number of hydrogen-bond donors (Lipinski definition) is 1. The number of amides is 1. The second-order valence-electron chi connectivity index (χ2n) is 4.20. The molecule has 1 N–H and O–H groups in total. The zero-order valence-electron chi connectivity index (χ0n) is 10.5. The van der Waals surface area contributed by atoms with Crippen molar-refractivity contribution in [1.29, 1.82) is 0 Å². The van der Waals surface area contributed by atoms with Crippen LogP contribution in [0.15, 0.2) is 0 Å². The second-order valence-corrected chi connectivity index (χ2v) is 6.24. The predicted octanol–water partition coefficient (Wildman–Crippen LogP) is -1.84. The molecule has 0 unspecified atom stereocenters. The van der Waals surface area contributed by atoms with Crippen LogP contribution >= 0.6 is 0 Å². The first-order chi connectivity index (χ1) is 7.85. The lowest BCUT2D eigenvalue weighted by molar-refractivity contribution is -0.128. The first kappa shape index (κ1) is 14.4. The molecule has 1 aliphatic heterocycles. The maximum atomic E-state index is 12.1. The normalized spacial score (nSPS) is 18.4. The van der Waals surface area contributed by atoms with Gasteiger partial charge < -0.3 is 10.2 Å². The number of piperazine rings is 1. The van der Waals surface area contributed by atoms with Crippen molar-refractivity contribution in [2.75, 3.05) is 53.9 Å². The van der Waals surface area contributed by atoms with Crippen LogP contribution in [0.4, 0.5) is 0 Å². The summed E-state index contributed by atoms with van der Waals surface area (Å²) in [6.45, 7) is 2.06. The molecule has 1 heterocycles. The molecule has 100 valence electrons. The number of carbonyl (C=O) groups is 1. The predicted molar refractivity (Wildman–Crippen MR) is 64.7 cm³/mol. The Bertz CT molecular complexity index is 362. The first-order valence-corrected chi connectivity index (χ1v) is 6.87. The quantitative estimate of drug-likeness (QED) is 0.647. The van der Waals surface area contributed by atoms with Gasteiger partial charge in [-0.2, -0.15) is 17.0 Å². The summed E-state index contributed by atoms with van der Waals surface area (Å²) >= 11 is 0. The number of rotatable bonds is 4. The minimum absolute atomic E-state index is 0.126. The molecule has 7 nitrogen and oxygen atoms in total. The van der Waals surface area contributed by atoms with Gasteiger partial charge in [-0.3, -0.25) is 4.79 Å². The van der Waals surface area contributed by atoms with Gasteiger partial charge in [-0.15, -0.1) is 0 Å². The molecule has 0 bridgehead atoms. The Morgan fingerprint density at radius 3 is 2.24 bits per heavy atom. The Morgan fingerprint density at radius 1 is 1.24 bits per heavy atom. The standard InChI is InChI=1S/C9H20N4O3S/c1-11(2)9(14)8-12(3)17(15,16)13-6-4-10-5-7-13/h10H,4-8H2,1-3H3. The molecule has 17 heavy (non-hydrogen) atoms. The third kappa shape index (κ3) is 3.63. The second kappa shape index (κ2) is 5.76. The van der Waals surface area contributed by atoms with Crippen LogP contribution in [-0.2, 0) is 15.0 Å². The van der Waals surface area contributed by atoms with E-state index in [-0.39, 0.29) is 12.5 Å². The van der Waals surface area contributed by atoms with Gasteiger partial charge in [0.25, 0.3) is 10.2 Å². The molecule has 0 aromatic rings. The number of nitrogens with zero attached hydrogens (tertiary/aromatic N) is 3. The van der Waals surface area contributed by atoms with Crippen molar-refractivity contribution in [1.82, 2.24) is 18.8 Å². The molecular weight excluding hydrogens is 244 g/mol. The Hall–Kier alpha value is -0.700. The summed E-state index contributed by atoms with van der Waals surface area (Å²) in [4.78, 5) is 12.9. The molecule has 0 aromatic heterocycles. The minimum Gasteiger partial charge on any atom is -0.348 e. The minimum atomic E-state index is -3.51. The smallest absolute Gasteiger partial charge is 0.282 e. The van der Waals surface area contributed by atoms with Crippen LogP contribution in [0, 0.1) is 0 Å². The van der Waals surface area contributed by atoms with Crippen molar-refractivity contribution >= 4 is 16.1 Å². The summed E-state index contributed by atoms with van der Waals surface area (Å²) in [5, 5.41) is 3.08. The van der Waals surface area contributed by atoms with Crippen LogP contribution in [-0.4, -0.2) is 81.7 Å². The third-order valence-corrected chi connectivity index (χ3v) is 4.59. The van der Waals surface area contributed by atoms with E-state index < -0.39 is 10.2 Å². The summed E-state index contributed by atoms with van der Waals surface area (Å²) in [5.74, 6) is -0.230. The molecule has 1 rings (SSSR count). The molecule has 1 aliphatic rings. The van der Waals surface area contributed by atoms with Crippen LogP contribution in [0.5, 0.6) is 0 Å². The Balaban J connectivity index is 2.65. The highest BCUT2D eigenvalue weighted by molar-refractivity contribution is 7.86. The van der Waals surface area contributed by atoms with Crippen molar-refractivity contribution in [3.8, 4) is 0 Å². The Morgan fingerprint density at radius 2 is 1.76 bits per heavy atom. The van der Waals surface area contributed by atoms with Crippen molar-refractivity contribution in [2.24, 2.45) is 0 Å². The van der Waals surface area contributed by atoms with Gasteiger partial charge in [0, 0.05) is 47.3 Å². The lowest BCUT2D eigenvalue weighted by atomic mass is 10.4. The van der Waals surface area contributed by atoms with E-state index in [9.17, 15) is 13.2 Å². The summed E-state index contributed by atoms with van der Waals surface area (Å²) in [5.41, 5.74) is 0. The molecule has 1 amide bonds. The number of hydrogen-bond acceptors (Lipinski definition) is 4. The number of carbonyl (C=O) groups excluding carboxylic acids is 1. The van der Waals surface area contributed by atoms with Gasteiger partial charge in [0.1, 0.15) is 0 Å². The van der Waals surface area contributed by atoms with Gasteiger partial charge in [0.15, 0.2) is 0 Å². The van der Waals surface area contributed by atoms with E-state index in [2.05, 4.69) is 5.32 Å². The summed E-state index contributed by atoms with van der Waals surface area (Å²) < 4.78 is 26.7. The SMILES string of the molecule is CN(C)C(=O)CN(C)S(=O)(=O)N1CCNCC1. The van der Waals surface area contributed by atoms with Gasteiger partial charge in [0.2, 0.25) is 5.91 Å². The molecular formula is C9H20N4O3S. The highest BCUT2D eigenvalue weighted by Crippen LogP contribution is 2.07. The molecule has 0 saturated carbocycles. The summed E-state index contributed by atoms with van der Waals surface area (Å²) in [6, 6.07) is 0. The average molecular weight is 264 g/mol. The molecule has 1 saturated heterocycles. The van der Waals surface area contributed by atoms with E-state index in [4.69, 9.17) is 0 Å². The van der Waals surface area contributed by atoms with Crippen LogP contribution < -0.4 is 5.32 Å². The summed E-state index contributed by atoms with van der Waals surface area (Å²) in [7, 11) is 1.13. The van der Waals surface area contributed by atoms with Crippen LogP contribution in [0.2, 0.25) is 0 Å². The Labute approximate surface area is 103 Å². The van der Waals surface area contributed by atoms with Gasteiger partial charge in [-0.05, 0) is 0 Å². The van der Waals surface area contributed by atoms with Gasteiger partial charge in [-0.25, -0.2) is 0 Å². The largest absolute Gasteiger partial charge is 0.348 e. The van der Waals surface area contributed by atoms with E-state index in [1.807, 2.05) is 0 Å². The molecule has 1 fully saturated rings.